The highest BCUT2D eigenvalue weighted by atomic mass is 16.6. The largest absolute Gasteiger partial charge is 0.459 e. The maximum Gasteiger partial charge on any atom is 0.328 e. The molecular formula is C15H19NO2. The summed E-state index contributed by atoms with van der Waals surface area (Å²) in [5.41, 5.74) is 0.646. The number of nitrogens with zero attached hydrogens (tertiary/aromatic N) is 1. The Morgan fingerprint density at radius 1 is 1.28 bits per heavy atom. The van der Waals surface area contributed by atoms with Crippen LogP contribution in [0.25, 0.3) is 6.08 Å². The molecule has 3 nitrogen and oxygen atoms in total. The predicted octanol–water partition coefficient (Wildman–Crippen LogP) is 3.11. The molecule has 0 aliphatic carbocycles. The second-order valence-electron chi connectivity index (χ2n) is 4.85. The van der Waals surface area contributed by atoms with Crippen LogP contribution in [0.1, 0.15) is 26.3 Å². The molecule has 3 heteroatoms. The second kappa shape index (κ2) is 6.74. The Hall–Kier alpha value is -1.90. The molecule has 1 rings (SSSR count). The van der Waals surface area contributed by atoms with Crippen LogP contribution in [-0.4, -0.2) is 24.3 Å². The van der Waals surface area contributed by atoms with Gasteiger partial charge < -0.3 is 4.74 Å². The van der Waals surface area contributed by atoms with E-state index in [-0.39, 0.29) is 12.5 Å². The molecular weight excluding hydrogens is 226 g/mol. The number of hydrogen-bond acceptors (Lipinski definition) is 3. The molecule has 0 atom stereocenters. The molecule has 96 valence electrons. The van der Waals surface area contributed by atoms with E-state index in [0.29, 0.717) is 0 Å². The van der Waals surface area contributed by atoms with E-state index in [1.54, 1.807) is 12.3 Å². The van der Waals surface area contributed by atoms with Crippen LogP contribution in [0.2, 0.25) is 0 Å². The number of carbonyl (C=O) groups is 1. The monoisotopic (exact) mass is 245 g/mol. The van der Waals surface area contributed by atoms with Crippen molar-refractivity contribution in [3.63, 3.8) is 0 Å². The molecule has 0 bridgehead atoms. The molecule has 18 heavy (non-hydrogen) atoms. The summed E-state index contributed by atoms with van der Waals surface area (Å²) >= 11 is 0. The first-order valence-corrected chi connectivity index (χ1v) is 5.91. The molecule has 0 radical (unpaired) electrons. The van der Waals surface area contributed by atoms with Gasteiger partial charge in [-0.2, -0.15) is 0 Å². The van der Waals surface area contributed by atoms with E-state index >= 15 is 0 Å². The normalized spacial score (nSPS) is 12.2. The highest BCUT2D eigenvalue weighted by Gasteiger charge is 2.14. The third-order valence-electron chi connectivity index (χ3n) is 1.92. The molecule has 1 aromatic rings. The number of hydrogen-bond donors (Lipinski definition) is 0. The van der Waals surface area contributed by atoms with E-state index in [1.165, 1.54) is 0 Å². The first-order chi connectivity index (χ1) is 8.47. The maximum atomic E-state index is 11.3. The van der Waals surface area contributed by atoms with Gasteiger partial charge >= 0.3 is 5.97 Å². The van der Waals surface area contributed by atoms with Gasteiger partial charge in [0, 0.05) is 6.21 Å². The Balaban J connectivity index is 2.34. The summed E-state index contributed by atoms with van der Waals surface area (Å²) in [7, 11) is 0. The number of carbonyl (C=O) groups excluding carboxylic acids is 1. The predicted molar refractivity (Wildman–Crippen MR) is 74.7 cm³/mol. The lowest BCUT2D eigenvalue weighted by atomic mass is 10.2. The van der Waals surface area contributed by atoms with Crippen molar-refractivity contribution in [3.8, 4) is 0 Å². The Kier molecular flexibility index (Phi) is 5.31. The van der Waals surface area contributed by atoms with Crippen LogP contribution in [0.15, 0.2) is 41.4 Å². The van der Waals surface area contributed by atoms with Crippen LogP contribution < -0.4 is 0 Å². The summed E-state index contributed by atoms with van der Waals surface area (Å²) in [6, 6.07) is 9.90. The minimum absolute atomic E-state index is 0.0520. The van der Waals surface area contributed by atoms with Gasteiger partial charge in [-0.15, -0.1) is 0 Å². The van der Waals surface area contributed by atoms with Crippen LogP contribution in [0.4, 0.5) is 0 Å². The maximum absolute atomic E-state index is 11.3. The van der Waals surface area contributed by atoms with Gasteiger partial charge in [-0.1, -0.05) is 36.4 Å². The highest BCUT2D eigenvalue weighted by Crippen LogP contribution is 2.06. The third kappa shape index (κ3) is 6.63. The summed E-state index contributed by atoms with van der Waals surface area (Å²) in [5.74, 6) is -0.313. The lowest BCUT2D eigenvalue weighted by molar-refractivity contribution is -0.152. The molecule has 0 aromatic heterocycles. The molecule has 0 heterocycles. The molecule has 0 saturated carbocycles. The lowest BCUT2D eigenvalue weighted by Gasteiger charge is -2.18. The van der Waals surface area contributed by atoms with E-state index in [2.05, 4.69) is 4.99 Å². The van der Waals surface area contributed by atoms with Gasteiger partial charge in [0.1, 0.15) is 12.1 Å². The van der Waals surface area contributed by atoms with Crippen LogP contribution >= 0.6 is 0 Å². The van der Waals surface area contributed by atoms with Gasteiger partial charge in [0.15, 0.2) is 0 Å². The molecule has 0 fully saturated rings. The van der Waals surface area contributed by atoms with E-state index in [4.69, 9.17) is 4.74 Å². The fraction of sp³-hybridized carbons (Fsp3) is 0.333. The summed E-state index contributed by atoms with van der Waals surface area (Å²) < 4.78 is 5.13. The third-order valence-corrected chi connectivity index (χ3v) is 1.92. The number of esters is 1. The number of aliphatic imine (C=N–C) groups is 1. The van der Waals surface area contributed by atoms with Crippen molar-refractivity contribution in [2.75, 3.05) is 6.54 Å². The second-order valence-corrected chi connectivity index (χ2v) is 4.85. The van der Waals surface area contributed by atoms with Crippen molar-refractivity contribution in [2.45, 2.75) is 26.4 Å². The van der Waals surface area contributed by atoms with E-state index in [1.807, 2.05) is 57.2 Å². The quantitative estimate of drug-likeness (QED) is 0.604. The Morgan fingerprint density at radius 2 is 1.94 bits per heavy atom. The summed E-state index contributed by atoms with van der Waals surface area (Å²) in [6.45, 7) is 5.56. The van der Waals surface area contributed by atoms with Gasteiger partial charge in [0.2, 0.25) is 0 Å². The molecule has 0 aliphatic rings. The highest BCUT2D eigenvalue weighted by molar-refractivity contribution is 5.81. The van der Waals surface area contributed by atoms with Gasteiger partial charge in [-0.3, -0.25) is 9.79 Å². The van der Waals surface area contributed by atoms with E-state index in [9.17, 15) is 4.79 Å². The molecule has 0 N–H and O–H groups in total. The van der Waals surface area contributed by atoms with Crippen molar-refractivity contribution in [2.24, 2.45) is 4.99 Å². The summed E-state index contributed by atoms with van der Waals surface area (Å²) in [4.78, 5) is 15.3. The average Bonchev–Trinajstić information content (AvgIpc) is 2.27. The number of allylic oxidation sites excluding steroid dienone is 1. The standard InChI is InChI=1S/C15H19NO2/c1-15(2,3)18-14(17)12-16-11-7-10-13-8-5-4-6-9-13/h4-11H,12H2,1-3H3/b10-7+,16-11+. The van der Waals surface area contributed by atoms with Crippen LogP contribution in [0.5, 0.6) is 0 Å². The smallest absolute Gasteiger partial charge is 0.328 e. The Bertz CT molecular complexity index is 428. The first kappa shape index (κ1) is 14.2. The summed E-state index contributed by atoms with van der Waals surface area (Å²) in [5, 5.41) is 0. The molecule has 1 aromatic carbocycles. The zero-order valence-electron chi connectivity index (χ0n) is 11.1. The van der Waals surface area contributed by atoms with Crippen molar-refractivity contribution < 1.29 is 9.53 Å². The number of benzene rings is 1. The Morgan fingerprint density at radius 3 is 2.56 bits per heavy atom. The molecule has 0 saturated heterocycles. The average molecular weight is 245 g/mol. The van der Waals surface area contributed by atoms with Gasteiger partial charge in [0.05, 0.1) is 0 Å². The van der Waals surface area contributed by atoms with Gasteiger partial charge in [0.25, 0.3) is 0 Å². The van der Waals surface area contributed by atoms with Crippen LogP contribution in [0, 0.1) is 0 Å². The fourth-order valence-electron chi connectivity index (χ4n) is 1.28. The van der Waals surface area contributed by atoms with Crippen LogP contribution in [-0.2, 0) is 9.53 Å². The minimum atomic E-state index is -0.452. The van der Waals surface area contributed by atoms with Crippen molar-refractivity contribution in [3.05, 3.63) is 42.0 Å². The molecule has 0 spiro atoms. The van der Waals surface area contributed by atoms with Crippen molar-refractivity contribution in [1.29, 1.82) is 0 Å². The Labute approximate surface area is 108 Å². The van der Waals surface area contributed by atoms with E-state index < -0.39 is 5.60 Å². The van der Waals surface area contributed by atoms with Gasteiger partial charge in [-0.25, -0.2) is 0 Å². The lowest BCUT2D eigenvalue weighted by Crippen LogP contribution is -2.25. The minimum Gasteiger partial charge on any atom is -0.459 e. The van der Waals surface area contributed by atoms with E-state index in [0.717, 1.165) is 5.56 Å². The van der Waals surface area contributed by atoms with Gasteiger partial charge in [-0.05, 0) is 32.4 Å². The zero-order valence-corrected chi connectivity index (χ0v) is 11.1. The number of rotatable bonds is 4. The van der Waals surface area contributed by atoms with Crippen LogP contribution in [0.3, 0.4) is 0 Å². The number of ether oxygens (including phenoxy) is 1. The first-order valence-electron chi connectivity index (χ1n) is 5.91. The fourth-order valence-corrected chi connectivity index (χ4v) is 1.28. The SMILES string of the molecule is CC(C)(C)OC(=O)C/N=C/C=C/c1ccccc1. The summed E-state index contributed by atoms with van der Waals surface area (Å²) in [6.07, 6.45) is 5.34. The molecule has 0 amide bonds. The molecule has 0 unspecified atom stereocenters. The van der Waals surface area contributed by atoms with Crippen molar-refractivity contribution >= 4 is 18.3 Å². The van der Waals surface area contributed by atoms with Crippen molar-refractivity contribution in [1.82, 2.24) is 0 Å². The topological polar surface area (TPSA) is 38.7 Å². The zero-order chi connectivity index (χ0) is 13.4. The molecule has 0 aliphatic heterocycles.